The summed E-state index contributed by atoms with van der Waals surface area (Å²) >= 11 is 3.41. The number of halogens is 2. The number of nitrogens with zero attached hydrogens (tertiary/aromatic N) is 2. The van der Waals surface area contributed by atoms with Gasteiger partial charge in [-0.3, -0.25) is 0 Å². The van der Waals surface area contributed by atoms with Crippen molar-refractivity contribution in [3.05, 3.63) is 46.0 Å². The molecule has 0 radical (unpaired) electrons. The first-order valence-corrected chi connectivity index (χ1v) is 6.81. The van der Waals surface area contributed by atoms with Crippen LogP contribution in [0, 0.1) is 0 Å². The molecule has 1 saturated carbocycles. The van der Waals surface area contributed by atoms with E-state index < -0.39 is 0 Å². The Bertz CT molecular complexity index is 551. The second kappa shape index (κ2) is 5.61. The second-order valence-corrected chi connectivity index (χ2v) is 5.74. The Morgan fingerprint density at radius 1 is 1.26 bits per heavy atom. The lowest BCUT2D eigenvalue weighted by Gasteiger charge is -2.34. The molecule has 1 aliphatic carbocycles. The summed E-state index contributed by atoms with van der Waals surface area (Å²) in [5.74, 6) is 1.28. The van der Waals surface area contributed by atoms with Crippen molar-refractivity contribution in [3.63, 3.8) is 0 Å². The lowest BCUT2D eigenvalue weighted by atomic mass is 9.77. The van der Waals surface area contributed by atoms with Gasteiger partial charge in [0, 0.05) is 4.47 Å². The van der Waals surface area contributed by atoms with Crippen LogP contribution in [0.4, 0.5) is 0 Å². The van der Waals surface area contributed by atoms with E-state index in [9.17, 15) is 0 Å². The van der Waals surface area contributed by atoms with E-state index in [1.54, 1.807) is 0 Å². The fourth-order valence-electron chi connectivity index (χ4n) is 2.09. The largest absolute Gasteiger partial charge is 0.339 e. The predicted octanol–water partition coefficient (Wildman–Crippen LogP) is 3.18. The molecular weight excluding hydrogens is 330 g/mol. The molecule has 4 nitrogen and oxygen atoms in total. The van der Waals surface area contributed by atoms with E-state index in [-0.39, 0.29) is 17.9 Å². The van der Waals surface area contributed by atoms with Crippen LogP contribution in [-0.2, 0) is 12.0 Å². The Morgan fingerprint density at radius 3 is 2.53 bits per heavy atom. The maximum absolute atomic E-state index is 6.16. The highest BCUT2D eigenvalue weighted by atomic mass is 79.9. The Hall–Kier alpha value is -0.910. The van der Waals surface area contributed by atoms with Gasteiger partial charge in [-0.25, -0.2) is 0 Å². The Balaban J connectivity index is 0.00000133. The molecule has 1 fully saturated rings. The lowest BCUT2D eigenvalue weighted by molar-refractivity contribution is 0.229. The van der Waals surface area contributed by atoms with Crippen LogP contribution >= 0.6 is 28.3 Å². The molecule has 1 aromatic carbocycles. The third-order valence-electron chi connectivity index (χ3n) is 3.43. The molecule has 6 heteroatoms. The number of rotatable bonds is 3. The van der Waals surface area contributed by atoms with Crippen molar-refractivity contribution < 1.29 is 4.52 Å². The first-order chi connectivity index (χ1) is 8.66. The molecule has 19 heavy (non-hydrogen) atoms. The first kappa shape index (κ1) is 14.5. The topological polar surface area (TPSA) is 64.9 Å². The van der Waals surface area contributed by atoms with Crippen molar-refractivity contribution in [1.29, 1.82) is 0 Å². The molecule has 0 spiro atoms. The van der Waals surface area contributed by atoms with Gasteiger partial charge in [0.15, 0.2) is 5.82 Å². The van der Waals surface area contributed by atoms with Crippen LogP contribution in [0.2, 0.25) is 0 Å². The minimum absolute atomic E-state index is 0. The van der Waals surface area contributed by atoms with Gasteiger partial charge >= 0.3 is 0 Å². The minimum atomic E-state index is -0.346. The summed E-state index contributed by atoms with van der Waals surface area (Å²) in [5.41, 5.74) is 6.96. The highest BCUT2D eigenvalue weighted by Gasteiger charge is 2.38. The monoisotopic (exact) mass is 343 g/mol. The van der Waals surface area contributed by atoms with Crippen LogP contribution in [0.3, 0.4) is 0 Å². The summed E-state index contributed by atoms with van der Waals surface area (Å²) < 4.78 is 6.33. The fraction of sp³-hybridized carbons (Fsp3) is 0.385. The highest BCUT2D eigenvalue weighted by Crippen LogP contribution is 2.36. The predicted molar refractivity (Wildman–Crippen MR) is 78.2 cm³/mol. The number of nitrogens with two attached hydrogens (primary N) is 1. The molecule has 1 aliphatic rings. The van der Waals surface area contributed by atoms with E-state index in [0.29, 0.717) is 18.1 Å². The number of benzene rings is 1. The minimum Gasteiger partial charge on any atom is -0.339 e. The molecule has 3 rings (SSSR count). The van der Waals surface area contributed by atoms with E-state index in [1.807, 2.05) is 24.3 Å². The van der Waals surface area contributed by atoms with Crippen molar-refractivity contribution in [2.45, 2.75) is 31.2 Å². The average molecular weight is 345 g/mol. The van der Waals surface area contributed by atoms with Gasteiger partial charge in [0.2, 0.25) is 5.89 Å². The third-order valence-corrected chi connectivity index (χ3v) is 3.96. The summed E-state index contributed by atoms with van der Waals surface area (Å²) in [6.45, 7) is 0. The molecule has 0 saturated heterocycles. The van der Waals surface area contributed by atoms with E-state index in [4.69, 9.17) is 10.3 Å². The van der Waals surface area contributed by atoms with Gasteiger partial charge in [-0.1, -0.05) is 33.2 Å². The van der Waals surface area contributed by atoms with Crippen LogP contribution in [0.25, 0.3) is 0 Å². The molecule has 0 aliphatic heterocycles. The average Bonchev–Trinajstić information content (AvgIpc) is 2.78. The van der Waals surface area contributed by atoms with Gasteiger partial charge in [-0.15, -0.1) is 12.4 Å². The van der Waals surface area contributed by atoms with E-state index in [0.717, 1.165) is 29.3 Å². The maximum Gasteiger partial charge on any atom is 0.231 e. The van der Waals surface area contributed by atoms with Crippen LogP contribution in [0.15, 0.2) is 33.3 Å². The zero-order valence-corrected chi connectivity index (χ0v) is 12.7. The summed E-state index contributed by atoms with van der Waals surface area (Å²) in [7, 11) is 0. The Kier molecular flexibility index (Phi) is 4.28. The molecule has 1 aromatic heterocycles. The van der Waals surface area contributed by atoms with E-state index >= 15 is 0 Å². The molecule has 0 bridgehead atoms. The van der Waals surface area contributed by atoms with Crippen molar-refractivity contribution >= 4 is 28.3 Å². The van der Waals surface area contributed by atoms with Gasteiger partial charge in [0.25, 0.3) is 0 Å². The molecule has 0 atom stereocenters. The summed E-state index contributed by atoms with van der Waals surface area (Å²) in [4.78, 5) is 4.41. The highest BCUT2D eigenvalue weighted by molar-refractivity contribution is 9.10. The van der Waals surface area contributed by atoms with Gasteiger partial charge in [-0.05, 0) is 37.0 Å². The zero-order valence-electron chi connectivity index (χ0n) is 10.3. The van der Waals surface area contributed by atoms with E-state index in [2.05, 4.69) is 26.1 Å². The summed E-state index contributed by atoms with van der Waals surface area (Å²) in [6, 6.07) is 8.08. The van der Waals surface area contributed by atoms with Crippen molar-refractivity contribution in [2.24, 2.45) is 5.73 Å². The second-order valence-electron chi connectivity index (χ2n) is 4.82. The fourth-order valence-corrected chi connectivity index (χ4v) is 2.35. The van der Waals surface area contributed by atoms with Gasteiger partial charge < -0.3 is 10.3 Å². The molecule has 102 valence electrons. The normalized spacial score (nSPS) is 16.5. The lowest BCUT2D eigenvalue weighted by Crippen LogP contribution is -2.44. The number of hydrogen-bond acceptors (Lipinski definition) is 4. The Labute approximate surface area is 126 Å². The molecule has 0 amide bonds. The van der Waals surface area contributed by atoms with Crippen LogP contribution in [-0.4, -0.2) is 10.1 Å². The maximum atomic E-state index is 6.16. The smallest absolute Gasteiger partial charge is 0.231 e. The van der Waals surface area contributed by atoms with Crippen molar-refractivity contribution in [2.75, 3.05) is 0 Å². The summed E-state index contributed by atoms with van der Waals surface area (Å²) in [5, 5.41) is 4.00. The standard InChI is InChI=1S/C13H14BrN3O.ClH/c14-10-4-2-9(3-5-10)8-11-16-12(17-18-11)13(15)6-1-7-13;/h2-5H,1,6-8,15H2;1H. The number of hydrogen-bond donors (Lipinski definition) is 1. The SMILES string of the molecule is Cl.NC1(c2noc(Cc3ccc(Br)cc3)n2)CCC1. The molecular formula is C13H15BrClN3O. The van der Waals surface area contributed by atoms with Crippen LogP contribution in [0.5, 0.6) is 0 Å². The molecule has 1 heterocycles. The van der Waals surface area contributed by atoms with Gasteiger partial charge in [-0.2, -0.15) is 4.98 Å². The quantitative estimate of drug-likeness (QED) is 0.928. The van der Waals surface area contributed by atoms with Crippen molar-refractivity contribution in [1.82, 2.24) is 10.1 Å². The van der Waals surface area contributed by atoms with Gasteiger partial charge in [0.05, 0.1) is 12.0 Å². The van der Waals surface area contributed by atoms with Crippen LogP contribution < -0.4 is 5.73 Å². The van der Waals surface area contributed by atoms with Crippen LogP contribution in [0.1, 0.15) is 36.5 Å². The third kappa shape index (κ3) is 2.99. The van der Waals surface area contributed by atoms with E-state index in [1.165, 1.54) is 0 Å². The Morgan fingerprint density at radius 2 is 1.95 bits per heavy atom. The molecule has 2 N–H and O–H groups in total. The zero-order chi connectivity index (χ0) is 12.6. The first-order valence-electron chi connectivity index (χ1n) is 6.02. The number of aromatic nitrogens is 2. The summed E-state index contributed by atoms with van der Waals surface area (Å²) in [6.07, 6.45) is 3.69. The van der Waals surface area contributed by atoms with Gasteiger partial charge in [0.1, 0.15) is 0 Å². The van der Waals surface area contributed by atoms with Crippen molar-refractivity contribution in [3.8, 4) is 0 Å². The molecule has 0 unspecified atom stereocenters. The molecule has 2 aromatic rings.